The van der Waals surface area contributed by atoms with Gasteiger partial charge >= 0.3 is 5.69 Å². The highest BCUT2D eigenvalue weighted by Gasteiger charge is 2.20. The average molecular weight is 325 g/mol. The number of sulfonamides is 1. The van der Waals surface area contributed by atoms with Crippen LogP contribution in [0.4, 0.5) is 0 Å². The Labute approximate surface area is 128 Å². The first-order valence-corrected chi connectivity index (χ1v) is 8.53. The summed E-state index contributed by atoms with van der Waals surface area (Å²) in [5, 5.41) is 0. The molecule has 0 bridgehead atoms. The summed E-state index contributed by atoms with van der Waals surface area (Å²) in [5.74, 6) is -1.01. The topological polar surface area (TPSA) is 101 Å². The first-order chi connectivity index (χ1) is 10.3. The number of hydrogen-bond donors (Lipinski definition) is 2. The van der Waals surface area contributed by atoms with E-state index in [2.05, 4.69) is 4.98 Å². The van der Waals surface area contributed by atoms with E-state index in [1.165, 1.54) is 12.1 Å². The number of fused-ring (bicyclic) bond motifs is 1. The van der Waals surface area contributed by atoms with Crippen LogP contribution in [0.1, 0.15) is 27.2 Å². The van der Waals surface area contributed by atoms with Crippen LogP contribution in [0.5, 0.6) is 0 Å². The number of imidazole rings is 1. The lowest BCUT2D eigenvalue weighted by molar-refractivity contribution is -0.122. The molecule has 2 aromatic rings. The van der Waals surface area contributed by atoms with Crippen LogP contribution in [0.2, 0.25) is 0 Å². The van der Waals surface area contributed by atoms with Crippen molar-refractivity contribution in [3.8, 4) is 0 Å². The van der Waals surface area contributed by atoms with Crippen molar-refractivity contribution in [1.82, 2.24) is 14.3 Å². The Kier molecular flexibility index (Phi) is 4.41. The number of nitrogens with one attached hydrogen (secondary N) is 2. The van der Waals surface area contributed by atoms with Gasteiger partial charge in [0.15, 0.2) is 0 Å². The van der Waals surface area contributed by atoms with E-state index < -0.39 is 21.8 Å². The predicted molar refractivity (Wildman–Crippen MR) is 83.0 cm³/mol. The number of aromatic nitrogens is 2. The molecule has 2 rings (SSSR count). The van der Waals surface area contributed by atoms with Gasteiger partial charge in [0.25, 0.3) is 10.0 Å². The number of nitrogens with zero attached hydrogens (tertiary/aromatic N) is 1. The smallest absolute Gasteiger partial charge is 0.305 e. The zero-order valence-corrected chi connectivity index (χ0v) is 13.5. The fourth-order valence-corrected chi connectivity index (χ4v) is 3.20. The number of aryl methyl sites for hydroxylation is 1. The monoisotopic (exact) mass is 325 g/mol. The van der Waals surface area contributed by atoms with Crippen LogP contribution in [0.15, 0.2) is 27.9 Å². The molecular formula is C14H19N3O4S. The minimum Gasteiger partial charge on any atom is -0.305 e. The molecule has 0 fully saturated rings. The van der Waals surface area contributed by atoms with E-state index in [0.717, 1.165) is 6.42 Å². The summed E-state index contributed by atoms with van der Waals surface area (Å²) in [4.78, 5) is 26.0. The Bertz CT molecular complexity index is 862. The van der Waals surface area contributed by atoms with Gasteiger partial charge in [-0.25, -0.2) is 17.9 Å². The summed E-state index contributed by atoms with van der Waals surface area (Å²) >= 11 is 0. The summed E-state index contributed by atoms with van der Waals surface area (Å²) in [6.45, 7) is 5.72. The Morgan fingerprint density at radius 3 is 2.64 bits per heavy atom. The molecule has 8 heteroatoms. The van der Waals surface area contributed by atoms with E-state index in [1.807, 2.05) is 11.6 Å². The van der Waals surface area contributed by atoms with Crippen LogP contribution in [0.3, 0.4) is 0 Å². The molecule has 1 amide bonds. The van der Waals surface area contributed by atoms with Crippen molar-refractivity contribution in [2.24, 2.45) is 5.92 Å². The third-order valence-corrected chi connectivity index (χ3v) is 4.61. The zero-order chi connectivity index (χ0) is 16.5. The predicted octanol–water partition coefficient (Wildman–Crippen LogP) is 1.20. The quantitative estimate of drug-likeness (QED) is 0.862. The van der Waals surface area contributed by atoms with Crippen LogP contribution < -0.4 is 10.4 Å². The molecule has 22 heavy (non-hydrogen) atoms. The van der Waals surface area contributed by atoms with Crippen molar-refractivity contribution in [2.45, 2.75) is 38.6 Å². The SMILES string of the molecule is CCCn1c(=O)[nH]c2cc(S(=O)(=O)NC(=O)C(C)C)ccc21. The Balaban J connectivity index is 2.46. The number of carbonyl (C=O) groups is 1. The number of H-pyrrole nitrogens is 1. The van der Waals surface area contributed by atoms with E-state index in [4.69, 9.17) is 0 Å². The number of hydrogen-bond acceptors (Lipinski definition) is 4. The maximum absolute atomic E-state index is 12.2. The second-order valence-corrected chi connectivity index (χ2v) is 7.07. The maximum Gasteiger partial charge on any atom is 0.326 e. The molecular weight excluding hydrogens is 306 g/mol. The van der Waals surface area contributed by atoms with Crippen molar-refractivity contribution < 1.29 is 13.2 Å². The molecule has 0 radical (unpaired) electrons. The molecule has 1 aromatic carbocycles. The molecule has 120 valence electrons. The van der Waals surface area contributed by atoms with E-state index >= 15 is 0 Å². The number of benzene rings is 1. The van der Waals surface area contributed by atoms with Gasteiger partial charge in [-0.1, -0.05) is 20.8 Å². The fraction of sp³-hybridized carbons (Fsp3) is 0.429. The highest BCUT2D eigenvalue weighted by atomic mass is 32.2. The average Bonchev–Trinajstić information content (AvgIpc) is 2.74. The van der Waals surface area contributed by atoms with Gasteiger partial charge < -0.3 is 4.98 Å². The van der Waals surface area contributed by atoms with Crippen molar-refractivity contribution in [3.05, 3.63) is 28.7 Å². The van der Waals surface area contributed by atoms with Crippen LogP contribution in [0.25, 0.3) is 11.0 Å². The van der Waals surface area contributed by atoms with E-state index in [1.54, 1.807) is 24.5 Å². The third-order valence-electron chi connectivity index (χ3n) is 3.26. The molecule has 7 nitrogen and oxygen atoms in total. The van der Waals surface area contributed by atoms with Crippen LogP contribution in [-0.4, -0.2) is 23.9 Å². The van der Waals surface area contributed by atoms with Crippen LogP contribution in [0, 0.1) is 5.92 Å². The van der Waals surface area contributed by atoms with Gasteiger partial charge in [-0.3, -0.25) is 9.36 Å². The molecule has 0 spiro atoms. The molecule has 1 aromatic heterocycles. The normalized spacial score (nSPS) is 12.0. The molecule has 0 aliphatic heterocycles. The zero-order valence-electron chi connectivity index (χ0n) is 12.7. The molecule has 0 unspecified atom stereocenters. The summed E-state index contributed by atoms with van der Waals surface area (Å²) in [6, 6.07) is 4.31. The number of amides is 1. The maximum atomic E-state index is 12.2. The van der Waals surface area contributed by atoms with E-state index in [0.29, 0.717) is 17.6 Å². The molecule has 1 heterocycles. The Hall–Kier alpha value is -2.09. The van der Waals surface area contributed by atoms with Gasteiger partial charge in [0.2, 0.25) is 5.91 Å². The molecule has 0 saturated heterocycles. The van der Waals surface area contributed by atoms with Gasteiger partial charge in [0, 0.05) is 12.5 Å². The first kappa shape index (κ1) is 16.3. The van der Waals surface area contributed by atoms with Crippen molar-refractivity contribution in [1.29, 1.82) is 0 Å². The van der Waals surface area contributed by atoms with Gasteiger partial charge in [-0.2, -0.15) is 0 Å². The number of rotatable bonds is 5. The van der Waals surface area contributed by atoms with Gasteiger partial charge in [-0.05, 0) is 24.6 Å². The lowest BCUT2D eigenvalue weighted by Crippen LogP contribution is -2.33. The highest BCUT2D eigenvalue weighted by Crippen LogP contribution is 2.17. The highest BCUT2D eigenvalue weighted by molar-refractivity contribution is 7.90. The Morgan fingerprint density at radius 1 is 1.36 bits per heavy atom. The van der Waals surface area contributed by atoms with Crippen LogP contribution >= 0.6 is 0 Å². The second-order valence-electron chi connectivity index (χ2n) is 5.39. The molecule has 0 atom stereocenters. The van der Waals surface area contributed by atoms with Crippen LogP contribution in [-0.2, 0) is 21.4 Å². The Morgan fingerprint density at radius 2 is 2.05 bits per heavy atom. The summed E-state index contributed by atoms with van der Waals surface area (Å²) in [7, 11) is -3.94. The number of aromatic amines is 1. The third kappa shape index (κ3) is 3.06. The minimum atomic E-state index is -3.94. The van der Waals surface area contributed by atoms with Gasteiger partial charge in [0.05, 0.1) is 15.9 Å². The van der Waals surface area contributed by atoms with Crippen molar-refractivity contribution >= 4 is 27.0 Å². The van der Waals surface area contributed by atoms with E-state index in [9.17, 15) is 18.0 Å². The van der Waals surface area contributed by atoms with E-state index in [-0.39, 0.29) is 10.6 Å². The lowest BCUT2D eigenvalue weighted by Gasteiger charge is -2.09. The number of carbonyl (C=O) groups excluding carboxylic acids is 1. The molecule has 2 N–H and O–H groups in total. The molecule has 0 saturated carbocycles. The summed E-state index contributed by atoms with van der Waals surface area (Å²) in [5.41, 5.74) is 0.789. The first-order valence-electron chi connectivity index (χ1n) is 7.05. The molecule has 0 aliphatic carbocycles. The second kappa shape index (κ2) is 5.96. The fourth-order valence-electron chi connectivity index (χ4n) is 2.06. The minimum absolute atomic E-state index is 0.0566. The standard InChI is InChI=1S/C14H19N3O4S/c1-4-7-17-12-6-5-10(8-11(12)15-14(17)19)22(20,21)16-13(18)9(2)3/h5-6,8-9H,4,7H2,1-3H3,(H,15,19)(H,16,18). The van der Waals surface area contributed by atoms with Crippen molar-refractivity contribution in [3.63, 3.8) is 0 Å². The van der Waals surface area contributed by atoms with Gasteiger partial charge in [-0.15, -0.1) is 0 Å². The van der Waals surface area contributed by atoms with Gasteiger partial charge in [0.1, 0.15) is 0 Å². The summed E-state index contributed by atoms with van der Waals surface area (Å²) in [6.07, 6.45) is 0.789. The largest absolute Gasteiger partial charge is 0.326 e. The summed E-state index contributed by atoms with van der Waals surface area (Å²) < 4.78 is 27.9. The molecule has 0 aliphatic rings. The van der Waals surface area contributed by atoms with Crippen molar-refractivity contribution in [2.75, 3.05) is 0 Å². The lowest BCUT2D eigenvalue weighted by atomic mass is 10.2.